The van der Waals surface area contributed by atoms with Gasteiger partial charge in [0.25, 0.3) is 0 Å². The van der Waals surface area contributed by atoms with Crippen molar-refractivity contribution in [3.05, 3.63) is 10.6 Å². The number of rotatable bonds is 5. The summed E-state index contributed by atoms with van der Waals surface area (Å²) < 4.78 is 0. The number of carbonyl (C=O) groups excluding carboxylic acids is 1. The summed E-state index contributed by atoms with van der Waals surface area (Å²) in [5.41, 5.74) is 6.80. The van der Waals surface area contributed by atoms with Crippen molar-refractivity contribution in [3.63, 3.8) is 0 Å². The van der Waals surface area contributed by atoms with Crippen LogP contribution in [0.2, 0.25) is 0 Å². The molecule has 21 heavy (non-hydrogen) atoms. The molecular weight excluding hydrogens is 331 g/mol. The highest BCUT2D eigenvalue weighted by Crippen LogP contribution is 2.28. The van der Waals surface area contributed by atoms with Gasteiger partial charge < -0.3 is 11.1 Å². The van der Waals surface area contributed by atoms with Crippen LogP contribution in [0.1, 0.15) is 37.3 Å². The van der Waals surface area contributed by atoms with E-state index in [2.05, 4.69) is 22.1 Å². The predicted octanol–water partition coefficient (Wildman–Crippen LogP) is 2.43. The number of aromatic nitrogens is 1. The summed E-state index contributed by atoms with van der Waals surface area (Å²) in [6, 6.07) is 0.0633. The van der Waals surface area contributed by atoms with Crippen LogP contribution >= 0.6 is 36.2 Å². The molecule has 1 aromatic rings. The predicted molar refractivity (Wildman–Crippen MR) is 92.8 cm³/mol. The number of nitrogens with two attached hydrogens (primary N) is 1. The van der Waals surface area contributed by atoms with E-state index in [1.54, 1.807) is 11.3 Å². The zero-order valence-corrected chi connectivity index (χ0v) is 14.9. The molecule has 0 bridgehead atoms. The average Bonchev–Trinajstić information content (AvgIpc) is 2.77. The van der Waals surface area contributed by atoms with E-state index in [0.717, 1.165) is 36.9 Å². The van der Waals surface area contributed by atoms with Gasteiger partial charge in [0.05, 0.1) is 5.69 Å². The Morgan fingerprint density at radius 2 is 2.24 bits per heavy atom. The normalized spacial score (nSPS) is 15.4. The monoisotopic (exact) mass is 354 g/mol. The van der Waals surface area contributed by atoms with Gasteiger partial charge in [-0.3, -0.25) is 9.69 Å². The molecule has 1 aliphatic heterocycles. The van der Waals surface area contributed by atoms with E-state index in [9.17, 15) is 4.79 Å². The number of fused-ring (bicyclic) bond motifs is 1. The molecule has 0 spiro atoms. The van der Waals surface area contributed by atoms with E-state index < -0.39 is 0 Å². The fourth-order valence-electron chi connectivity index (χ4n) is 2.11. The number of halogens is 2. The summed E-state index contributed by atoms with van der Waals surface area (Å²) in [5, 5.41) is 3.62. The molecule has 0 radical (unpaired) electrons. The molecule has 3 N–H and O–H groups in total. The van der Waals surface area contributed by atoms with E-state index in [1.165, 1.54) is 4.88 Å². The fraction of sp³-hybridized carbons (Fsp3) is 0.692. The van der Waals surface area contributed by atoms with Gasteiger partial charge >= 0.3 is 0 Å². The standard InChI is InChI=1S/C13H22N4OS.2ClH/c1-3-17-7-6-10-11(8-17)19-13(15-10)16-12(18)5-4-9(2)14;;/h9H,3-8,14H2,1-2H3,(H,15,16,18);2*1H. The van der Waals surface area contributed by atoms with Crippen molar-refractivity contribution in [2.75, 3.05) is 18.4 Å². The lowest BCUT2D eigenvalue weighted by Crippen LogP contribution is -2.29. The van der Waals surface area contributed by atoms with Gasteiger partial charge in [-0.2, -0.15) is 0 Å². The second kappa shape index (κ2) is 9.58. The molecule has 1 amide bonds. The van der Waals surface area contributed by atoms with Gasteiger partial charge in [0.15, 0.2) is 5.13 Å². The lowest BCUT2D eigenvalue weighted by Gasteiger charge is -2.23. The van der Waals surface area contributed by atoms with Gasteiger partial charge in [-0.25, -0.2) is 4.98 Å². The average molecular weight is 355 g/mol. The van der Waals surface area contributed by atoms with Crippen LogP contribution in [0.25, 0.3) is 0 Å². The number of hydrogen-bond acceptors (Lipinski definition) is 5. The zero-order chi connectivity index (χ0) is 13.8. The van der Waals surface area contributed by atoms with E-state index in [-0.39, 0.29) is 36.8 Å². The van der Waals surface area contributed by atoms with Crippen LogP contribution in [0.15, 0.2) is 0 Å². The molecule has 1 unspecified atom stereocenters. The molecule has 2 heterocycles. The molecule has 8 heteroatoms. The number of thiazole rings is 1. The molecule has 1 aliphatic rings. The second-order valence-corrected chi connectivity index (χ2v) is 6.16. The first-order valence-electron chi connectivity index (χ1n) is 6.84. The molecule has 1 atom stereocenters. The van der Waals surface area contributed by atoms with E-state index in [4.69, 9.17) is 5.73 Å². The molecule has 0 aliphatic carbocycles. The number of nitrogens with one attached hydrogen (secondary N) is 1. The number of carbonyl (C=O) groups is 1. The third-order valence-electron chi connectivity index (χ3n) is 3.33. The Morgan fingerprint density at radius 1 is 1.52 bits per heavy atom. The minimum Gasteiger partial charge on any atom is -0.328 e. The molecule has 0 aromatic carbocycles. The smallest absolute Gasteiger partial charge is 0.226 e. The van der Waals surface area contributed by atoms with Crippen molar-refractivity contribution in [1.29, 1.82) is 0 Å². The fourth-order valence-corrected chi connectivity index (χ4v) is 3.18. The first-order valence-corrected chi connectivity index (χ1v) is 7.66. The van der Waals surface area contributed by atoms with Gasteiger partial charge in [-0.1, -0.05) is 6.92 Å². The number of likely N-dealkylation sites (N-methyl/N-ethyl adjacent to an activating group) is 1. The van der Waals surface area contributed by atoms with Gasteiger partial charge in [0.1, 0.15) is 0 Å². The molecule has 2 rings (SSSR count). The Kier molecular flexibility index (Phi) is 9.40. The van der Waals surface area contributed by atoms with E-state index in [1.807, 2.05) is 6.92 Å². The SMILES string of the molecule is CCN1CCc2nc(NC(=O)CCC(C)N)sc2C1.Cl.Cl. The number of hydrogen-bond donors (Lipinski definition) is 2. The van der Waals surface area contributed by atoms with Crippen molar-refractivity contribution in [2.24, 2.45) is 5.73 Å². The molecule has 5 nitrogen and oxygen atoms in total. The van der Waals surface area contributed by atoms with Crippen molar-refractivity contribution in [3.8, 4) is 0 Å². The molecule has 122 valence electrons. The van der Waals surface area contributed by atoms with Crippen molar-refractivity contribution < 1.29 is 4.79 Å². The highest BCUT2D eigenvalue weighted by Gasteiger charge is 2.20. The first-order chi connectivity index (χ1) is 9.08. The summed E-state index contributed by atoms with van der Waals surface area (Å²) in [6.45, 7) is 7.16. The molecule has 0 saturated heterocycles. The van der Waals surface area contributed by atoms with Crippen LogP contribution in [0, 0.1) is 0 Å². The Balaban J connectivity index is 0.00000200. The summed E-state index contributed by atoms with van der Waals surface area (Å²) in [6.07, 6.45) is 2.15. The Hall–Kier alpha value is -0.400. The van der Waals surface area contributed by atoms with Gasteiger partial charge in [0, 0.05) is 36.9 Å². The van der Waals surface area contributed by atoms with Crippen LogP contribution in [0.5, 0.6) is 0 Å². The third kappa shape index (κ3) is 6.08. The van der Waals surface area contributed by atoms with Gasteiger partial charge in [-0.15, -0.1) is 36.2 Å². The van der Waals surface area contributed by atoms with Crippen LogP contribution in [-0.4, -0.2) is 34.9 Å². The largest absolute Gasteiger partial charge is 0.328 e. The molecular formula is C13H24Cl2N4OS. The summed E-state index contributed by atoms with van der Waals surface area (Å²) in [7, 11) is 0. The minimum atomic E-state index is 0. The maximum Gasteiger partial charge on any atom is 0.226 e. The summed E-state index contributed by atoms with van der Waals surface area (Å²) >= 11 is 1.60. The van der Waals surface area contributed by atoms with Crippen LogP contribution in [-0.2, 0) is 17.8 Å². The molecule has 0 fully saturated rings. The molecule has 0 saturated carbocycles. The van der Waals surface area contributed by atoms with Crippen molar-refractivity contribution in [2.45, 2.75) is 45.7 Å². The Bertz CT molecular complexity index is 453. The number of nitrogens with zero attached hydrogens (tertiary/aromatic N) is 2. The minimum absolute atomic E-state index is 0. The molecule has 1 aromatic heterocycles. The van der Waals surface area contributed by atoms with E-state index in [0.29, 0.717) is 12.8 Å². The second-order valence-electron chi connectivity index (χ2n) is 5.07. The Morgan fingerprint density at radius 3 is 2.86 bits per heavy atom. The van der Waals surface area contributed by atoms with Crippen LogP contribution in [0.4, 0.5) is 5.13 Å². The van der Waals surface area contributed by atoms with Gasteiger partial charge in [-0.05, 0) is 19.9 Å². The van der Waals surface area contributed by atoms with Crippen molar-refractivity contribution >= 4 is 47.2 Å². The topological polar surface area (TPSA) is 71.2 Å². The summed E-state index contributed by atoms with van der Waals surface area (Å²) in [4.78, 5) is 19.9. The highest BCUT2D eigenvalue weighted by atomic mass is 35.5. The third-order valence-corrected chi connectivity index (χ3v) is 4.33. The number of amides is 1. The first kappa shape index (κ1) is 20.6. The highest BCUT2D eigenvalue weighted by molar-refractivity contribution is 7.15. The Labute approximate surface area is 142 Å². The summed E-state index contributed by atoms with van der Waals surface area (Å²) in [5.74, 6) is 0.00995. The van der Waals surface area contributed by atoms with E-state index >= 15 is 0 Å². The maximum absolute atomic E-state index is 11.7. The number of anilines is 1. The quantitative estimate of drug-likeness (QED) is 0.851. The lowest BCUT2D eigenvalue weighted by atomic mass is 10.2. The van der Waals surface area contributed by atoms with Gasteiger partial charge in [0.2, 0.25) is 5.91 Å². The van der Waals surface area contributed by atoms with Crippen molar-refractivity contribution in [1.82, 2.24) is 9.88 Å². The zero-order valence-electron chi connectivity index (χ0n) is 12.4. The van der Waals surface area contributed by atoms with Crippen LogP contribution < -0.4 is 11.1 Å². The lowest BCUT2D eigenvalue weighted by molar-refractivity contribution is -0.116. The maximum atomic E-state index is 11.7. The van der Waals surface area contributed by atoms with Crippen LogP contribution in [0.3, 0.4) is 0 Å².